The molecule has 0 fully saturated rings. The highest BCUT2D eigenvalue weighted by Crippen LogP contribution is 2.40. The quantitative estimate of drug-likeness (QED) is 0.0742. The van der Waals surface area contributed by atoms with Gasteiger partial charge in [-0.1, -0.05) is 54.1 Å². The number of fused-ring (bicyclic) bond motifs is 4. The van der Waals surface area contributed by atoms with Gasteiger partial charge in [0.25, 0.3) is 0 Å². The number of nitrogens with zero attached hydrogens (tertiary/aromatic N) is 5. The van der Waals surface area contributed by atoms with Gasteiger partial charge in [0, 0.05) is 65.0 Å². The van der Waals surface area contributed by atoms with Gasteiger partial charge < -0.3 is 24.3 Å². The Morgan fingerprint density at radius 2 is 1.52 bits per heavy atom. The number of halogens is 1. The molecule has 0 bridgehead atoms. The predicted molar refractivity (Wildman–Crippen MR) is 246 cm³/mol. The number of ketones is 2. The van der Waals surface area contributed by atoms with Crippen LogP contribution in [0.4, 0.5) is 5.82 Å². The summed E-state index contributed by atoms with van der Waals surface area (Å²) in [6.07, 6.45) is 3.39. The molecule has 0 saturated carbocycles. The van der Waals surface area contributed by atoms with Crippen LogP contribution < -0.4 is 10.1 Å². The van der Waals surface area contributed by atoms with Gasteiger partial charge in [0.15, 0.2) is 5.82 Å². The zero-order valence-electron chi connectivity index (χ0n) is 36.0. The zero-order valence-corrected chi connectivity index (χ0v) is 37.6. The third-order valence-electron chi connectivity index (χ3n) is 11.3. The maximum atomic E-state index is 13.6. The van der Waals surface area contributed by atoms with Crippen molar-refractivity contribution in [3.05, 3.63) is 139 Å². The summed E-state index contributed by atoms with van der Waals surface area (Å²) in [4.78, 5) is 36.5. The number of rotatable bonds is 20. The van der Waals surface area contributed by atoms with Gasteiger partial charge >= 0.3 is 0 Å². The Morgan fingerprint density at radius 3 is 2.27 bits per heavy atom. The third kappa shape index (κ3) is 10.6. The van der Waals surface area contributed by atoms with Gasteiger partial charge in [-0.15, -0.1) is 21.5 Å². The van der Waals surface area contributed by atoms with E-state index < -0.39 is 6.04 Å². The number of hydrogen-bond acceptors (Lipinski definition) is 12. The van der Waals surface area contributed by atoms with Crippen molar-refractivity contribution in [2.75, 3.05) is 58.1 Å². The summed E-state index contributed by atoms with van der Waals surface area (Å²) >= 11 is 7.94. The van der Waals surface area contributed by atoms with Gasteiger partial charge in [-0.25, -0.2) is 4.98 Å². The van der Waals surface area contributed by atoms with E-state index in [4.69, 9.17) is 35.5 Å². The van der Waals surface area contributed by atoms with Gasteiger partial charge in [0.1, 0.15) is 46.6 Å². The Bertz CT molecular complexity index is 2620. The van der Waals surface area contributed by atoms with Crippen LogP contribution in [-0.4, -0.2) is 89.8 Å². The van der Waals surface area contributed by atoms with E-state index in [2.05, 4.69) is 64.0 Å². The first-order chi connectivity index (χ1) is 30.6. The second-order valence-corrected chi connectivity index (χ2v) is 17.5. The van der Waals surface area contributed by atoms with Gasteiger partial charge in [-0.3, -0.25) is 19.1 Å². The van der Waals surface area contributed by atoms with Gasteiger partial charge in [0.2, 0.25) is 0 Å². The average Bonchev–Trinajstić information content (AvgIpc) is 3.91. The number of anilines is 1. The molecule has 326 valence electrons. The van der Waals surface area contributed by atoms with Gasteiger partial charge in [-0.2, -0.15) is 0 Å². The summed E-state index contributed by atoms with van der Waals surface area (Å²) < 4.78 is 25.0. The predicted octanol–water partition coefficient (Wildman–Crippen LogP) is 8.58. The topological polar surface area (TPSA) is 139 Å². The van der Waals surface area contributed by atoms with Crippen LogP contribution >= 0.6 is 22.9 Å². The molecule has 0 unspecified atom stereocenters. The Balaban J connectivity index is 0.708. The first kappa shape index (κ1) is 44.1. The number of benzene rings is 3. The van der Waals surface area contributed by atoms with E-state index in [-0.39, 0.29) is 24.4 Å². The molecule has 1 aliphatic heterocycles. The van der Waals surface area contributed by atoms with Crippen molar-refractivity contribution in [2.45, 2.75) is 59.4 Å². The molecule has 12 nitrogen and oxygen atoms in total. The second-order valence-electron chi connectivity index (χ2n) is 15.8. The summed E-state index contributed by atoms with van der Waals surface area (Å²) in [5.41, 5.74) is 10.4. The minimum absolute atomic E-state index is 0.0516. The van der Waals surface area contributed by atoms with Gasteiger partial charge in [0.05, 0.1) is 45.4 Å². The van der Waals surface area contributed by atoms with Crippen LogP contribution in [0.3, 0.4) is 0 Å². The van der Waals surface area contributed by atoms with E-state index in [1.54, 1.807) is 11.3 Å². The molecule has 63 heavy (non-hydrogen) atoms. The number of aromatic nitrogens is 4. The highest BCUT2D eigenvalue weighted by molar-refractivity contribution is 7.15. The largest absolute Gasteiger partial charge is 0.491 e. The van der Waals surface area contributed by atoms with E-state index >= 15 is 0 Å². The lowest BCUT2D eigenvalue weighted by Crippen LogP contribution is -2.15. The molecule has 14 heteroatoms. The summed E-state index contributed by atoms with van der Waals surface area (Å²) in [6.45, 7) is 12.1. The van der Waals surface area contributed by atoms with Crippen molar-refractivity contribution in [1.29, 1.82) is 0 Å². The summed E-state index contributed by atoms with van der Waals surface area (Å²) in [5.74, 6) is 3.26. The highest BCUT2D eigenvalue weighted by Gasteiger charge is 2.32. The molecule has 1 aliphatic carbocycles. The van der Waals surface area contributed by atoms with Crippen LogP contribution in [0, 0.1) is 27.7 Å². The molecule has 0 radical (unpaired) electrons. The molecular weight excluding hydrogens is 836 g/mol. The molecule has 2 aliphatic rings. The zero-order chi connectivity index (χ0) is 43.9. The number of hydrogen-bond donors (Lipinski definition) is 1. The van der Waals surface area contributed by atoms with E-state index in [9.17, 15) is 9.59 Å². The molecule has 3 aromatic heterocycles. The summed E-state index contributed by atoms with van der Waals surface area (Å²) in [6, 6.07) is 23.1. The monoisotopic (exact) mass is 886 g/mol. The minimum atomic E-state index is -0.505. The Labute approximate surface area is 376 Å². The number of thiophene rings is 1. The molecule has 1 N–H and O–H groups in total. The number of ether oxygens (including phenoxy) is 4. The highest BCUT2D eigenvalue weighted by atomic mass is 35.5. The van der Waals surface area contributed by atoms with Crippen molar-refractivity contribution in [3.8, 4) is 21.9 Å². The fourth-order valence-electron chi connectivity index (χ4n) is 7.94. The Morgan fingerprint density at radius 1 is 0.825 bits per heavy atom. The summed E-state index contributed by atoms with van der Waals surface area (Å²) in [5, 5.41) is 13.9. The van der Waals surface area contributed by atoms with E-state index in [1.165, 1.54) is 4.88 Å². The second kappa shape index (κ2) is 20.3. The van der Waals surface area contributed by atoms with Crippen molar-refractivity contribution in [1.82, 2.24) is 19.7 Å². The number of Topliss-reactive ketones (excluding diaryl/α,β-unsaturated/α-hetero) is 2. The first-order valence-electron chi connectivity index (χ1n) is 21.3. The number of carbonyl (C=O) groups is 2. The Kier molecular flexibility index (Phi) is 14.2. The number of aryl methyl sites for hydroxylation is 3. The number of pyridine rings is 1. The lowest BCUT2D eigenvalue weighted by Gasteiger charge is -2.13. The standard InChI is InChI=1S/C49H51ClN6O6S/c1-30-23-45(52-29-43(30)37-8-7-36-26-41(58)27-38(36)25-37)51-15-16-59-17-18-60-19-20-61-21-22-62-42-13-5-34(6-14-42)24-40(57)28-44-48-55-54-33(4)56(48)49-46(31(2)32(3)63-49)47(53-44)35-9-11-39(50)12-10-35/h5-14,23,25,29,44H,15-22,24,26-28H2,1-4H3,(H,51,52)/t44-/m0/s1. The molecule has 4 heterocycles. The SMILES string of the molecule is Cc1cc(NCCOCCOCCOCCOc2ccc(CC(=O)C[C@@H]3N=C(c4ccc(Cl)cc4)c4c(sc(C)c4C)-n4c(C)nnc43)cc2)ncc1-c1ccc2c(c1)CC(=O)C2. The maximum Gasteiger partial charge on any atom is 0.163 e. The van der Waals surface area contributed by atoms with Crippen LogP contribution in [0.25, 0.3) is 16.1 Å². The molecule has 0 amide bonds. The maximum absolute atomic E-state index is 13.6. The lowest BCUT2D eigenvalue weighted by atomic mass is 9.99. The van der Waals surface area contributed by atoms with E-state index in [1.807, 2.05) is 67.7 Å². The number of carbonyl (C=O) groups excluding carboxylic acids is 2. The molecular formula is C49H51ClN6O6S. The van der Waals surface area contributed by atoms with E-state index in [0.717, 1.165) is 72.4 Å². The van der Waals surface area contributed by atoms with E-state index in [0.29, 0.717) is 82.2 Å². The molecule has 1 atom stereocenters. The molecule has 3 aromatic carbocycles. The van der Waals surface area contributed by atoms with Crippen LogP contribution in [0.5, 0.6) is 5.75 Å². The fraction of sp³-hybridized carbons (Fsp3) is 0.347. The fourth-order valence-corrected chi connectivity index (χ4v) is 9.28. The smallest absolute Gasteiger partial charge is 0.163 e. The number of aliphatic imine (C=N–C) groups is 1. The normalized spacial score (nSPS) is 14.2. The van der Waals surface area contributed by atoms with Crippen LogP contribution in [0.2, 0.25) is 5.02 Å². The molecule has 8 rings (SSSR count). The molecule has 0 saturated heterocycles. The Hall–Kier alpha value is -5.57. The van der Waals surface area contributed by atoms with Crippen molar-refractivity contribution in [2.24, 2.45) is 4.99 Å². The van der Waals surface area contributed by atoms with Gasteiger partial charge in [-0.05, 0) is 91.4 Å². The summed E-state index contributed by atoms with van der Waals surface area (Å²) in [7, 11) is 0. The van der Waals surface area contributed by atoms with Crippen molar-refractivity contribution >= 4 is 46.0 Å². The van der Waals surface area contributed by atoms with Crippen LogP contribution in [0.15, 0.2) is 84.0 Å². The van der Waals surface area contributed by atoms with Crippen LogP contribution in [0.1, 0.15) is 67.9 Å². The molecule has 0 spiro atoms. The van der Waals surface area contributed by atoms with Crippen molar-refractivity contribution < 1.29 is 28.5 Å². The van der Waals surface area contributed by atoms with Crippen molar-refractivity contribution in [3.63, 3.8) is 0 Å². The minimum Gasteiger partial charge on any atom is -0.491 e. The lowest BCUT2D eigenvalue weighted by molar-refractivity contribution is -0.119. The first-order valence-corrected chi connectivity index (χ1v) is 22.5. The molecule has 6 aromatic rings. The number of nitrogens with one attached hydrogen (secondary N) is 1. The average molecular weight is 888 g/mol. The van der Waals surface area contributed by atoms with Crippen LogP contribution in [-0.2, 0) is 43.1 Å². The third-order valence-corrected chi connectivity index (χ3v) is 12.7.